The van der Waals surface area contributed by atoms with Gasteiger partial charge < -0.3 is 9.88 Å². The number of aryl methyl sites for hydroxylation is 2. The summed E-state index contributed by atoms with van der Waals surface area (Å²) in [4.78, 5) is 1.24. The van der Waals surface area contributed by atoms with Gasteiger partial charge in [-0.3, -0.25) is 0 Å². The van der Waals surface area contributed by atoms with Crippen molar-refractivity contribution in [2.24, 2.45) is 7.05 Å². The summed E-state index contributed by atoms with van der Waals surface area (Å²) in [5, 5.41) is 12.7. The Hall–Kier alpha value is -1.33. The van der Waals surface area contributed by atoms with Gasteiger partial charge in [0.25, 0.3) is 0 Å². The van der Waals surface area contributed by atoms with E-state index >= 15 is 0 Å². The molecule has 0 aliphatic heterocycles. The monoisotopic (exact) mass is 290 g/mol. The highest BCUT2D eigenvalue weighted by atomic mass is 32.2. The predicted octanol–water partition coefficient (Wildman–Crippen LogP) is 3.08. The molecule has 1 aromatic carbocycles. The van der Waals surface area contributed by atoms with Gasteiger partial charge in [0.2, 0.25) is 0 Å². The Labute approximate surface area is 125 Å². The molecule has 0 amide bonds. The predicted molar refractivity (Wildman–Crippen MR) is 83.0 cm³/mol. The summed E-state index contributed by atoms with van der Waals surface area (Å²) in [5.74, 6) is 0.932. The van der Waals surface area contributed by atoms with Gasteiger partial charge in [0.05, 0.1) is 0 Å². The Kier molecular flexibility index (Phi) is 4.83. The molecule has 0 bridgehead atoms. The molecule has 2 aromatic rings. The van der Waals surface area contributed by atoms with Crippen LogP contribution in [-0.4, -0.2) is 20.8 Å². The number of hydrogen-bond donors (Lipinski definition) is 1. The Bertz CT molecular complexity index is 590. The van der Waals surface area contributed by atoms with E-state index in [1.807, 2.05) is 18.5 Å². The average Bonchev–Trinajstić information content (AvgIpc) is 2.71. The summed E-state index contributed by atoms with van der Waals surface area (Å²) in [6.07, 6.45) is 0. The first-order chi connectivity index (χ1) is 9.47. The van der Waals surface area contributed by atoms with Crippen molar-refractivity contribution in [3.05, 3.63) is 35.2 Å². The summed E-state index contributed by atoms with van der Waals surface area (Å²) >= 11 is 1.67. The molecule has 0 atom stereocenters. The van der Waals surface area contributed by atoms with Crippen LogP contribution in [0.15, 0.2) is 28.3 Å². The topological polar surface area (TPSA) is 42.7 Å². The zero-order valence-electron chi connectivity index (χ0n) is 12.8. The third-order valence-corrected chi connectivity index (χ3v) is 4.33. The van der Waals surface area contributed by atoms with Gasteiger partial charge in [-0.2, -0.15) is 0 Å². The lowest BCUT2D eigenvalue weighted by Crippen LogP contribution is -2.22. The SMILES string of the molecule is Cc1ccc(Sc2nnc(C)n2C)c(CNC(C)C)c1. The van der Waals surface area contributed by atoms with Gasteiger partial charge in [-0.25, -0.2) is 0 Å². The number of hydrogen-bond acceptors (Lipinski definition) is 4. The maximum atomic E-state index is 4.22. The van der Waals surface area contributed by atoms with Gasteiger partial charge in [-0.1, -0.05) is 31.5 Å². The Morgan fingerprint density at radius 2 is 2.00 bits per heavy atom. The molecule has 5 heteroatoms. The van der Waals surface area contributed by atoms with Gasteiger partial charge >= 0.3 is 0 Å². The molecule has 1 N–H and O–H groups in total. The summed E-state index contributed by atoms with van der Waals surface area (Å²) in [5.41, 5.74) is 2.59. The minimum atomic E-state index is 0.477. The highest BCUT2D eigenvalue weighted by molar-refractivity contribution is 7.99. The van der Waals surface area contributed by atoms with Crippen LogP contribution in [0.4, 0.5) is 0 Å². The zero-order chi connectivity index (χ0) is 14.7. The number of aromatic nitrogens is 3. The molecule has 2 rings (SSSR count). The number of rotatable bonds is 5. The van der Waals surface area contributed by atoms with Crippen LogP contribution in [0.5, 0.6) is 0 Å². The molecular formula is C15H22N4S. The van der Waals surface area contributed by atoms with Gasteiger partial charge in [0.15, 0.2) is 5.16 Å². The third kappa shape index (κ3) is 3.61. The molecule has 1 aromatic heterocycles. The standard InChI is InChI=1S/C15H22N4S/c1-10(2)16-9-13-8-11(3)6-7-14(13)20-15-18-17-12(4)19(15)5/h6-8,10,16H,9H2,1-5H3. The van der Waals surface area contributed by atoms with Gasteiger partial charge in [-0.05, 0) is 37.2 Å². The van der Waals surface area contributed by atoms with E-state index in [2.05, 4.69) is 54.5 Å². The van der Waals surface area contributed by atoms with E-state index in [1.54, 1.807) is 11.8 Å². The van der Waals surface area contributed by atoms with Crippen molar-refractivity contribution < 1.29 is 0 Å². The normalized spacial score (nSPS) is 11.3. The number of nitrogens with zero attached hydrogens (tertiary/aromatic N) is 3. The lowest BCUT2D eigenvalue weighted by Gasteiger charge is -2.13. The fraction of sp³-hybridized carbons (Fsp3) is 0.467. The van der Waals surface area contributed by atoms with E-state index in [9.17, 15) is 0 Å². The van der Waals surface area contributed by atoms with Crippen molar-refractivity contribution in [1.29, 1.82) is 0 Å². The fourth-order valence-electron chi connectivity index (χ4n) is 1.83. The van der Waals surface area contributed by atoms with Crippen molar-refractivity contribution in [3.63, 3.8) is 0 Å². The second-order valence-corrected chi connectivity index (χ2v) is 6.35. The molecule has 0 saturated heterocycles. The van der Waals surface area contributed by atoms with Crippen LogP contribution in [0.1, 0.15) is 30.8 Å². The lowest BCUT2D eigenvalue weighted by molar-refractivity contribution is 0.584. The maximum absolute atomic E-state index is 4.22. The molecule has 1 heterocycles. The molecule has 0 aliphatic rings. The van der Waals surface area contributed by atoms with E-state index in [1.165, 1.54) is 16.0 Å². The molecule has 4 nitrogen and oxygen atoms in total. The van der Waals surface area contributed by atoms with E-state index < -0.39 is 0 Å². The van der Waals surface area contributed by atoms with Crippen LogP contribution in [0.2, 0.25) is 0 Å². The van der Waals surface area contributed by atoms with Crippen LogP contribution in [0.25, 0.3) is 0 Å². The highest BCUT2D eigenvalue weighted by Gasteiger charge is 2.10. The summed E-state index contributed by atoms with van der Waals surface area (Å²) < 4.78 is 2.02. The molecule has 0 fully saturated rings. The van der Waals surface area contributed by atoms with Crippen LogP contribution in [0.3, 0.4) is 0 Å². The molecule has 20 heavy (non-hydrogen) atoms. The van der Waals surface area contributed by atoms with Gasteiger partial charge in [0.1, 0.15) is 5.82 Å². The second kappa shape index (κ2) is 6.41. The maximum Gasteiger partial charge on any atom is 0.195 e. The molecule has 108 valence electrons. The van der Waals surface area contributed by atoms with E-state index in [-0.39, 0.29) is 0 Å². The van der Waals surface area contributed by atoms with Crippen LogP contribution in [-0.2, 0) is 13.6 Å². The third-order valence-electron chi connectivity index (χ3n) is 3.17. The second-order valence-electron chi connectivity index (χ2n) is 5.34. The first-order valence-corrected chi connectivity index (χ1v) is 7.65. The Balaban J connectivity index is 2.24. The first kappa shape index (κ1) is 15.1. The van der Waals surface area contributed by atoms with E-state index in [4.69, 9.17) is 0 Å². The lowest BCUT2D eigenvalue weighted by atomic mass is 10.1. The number of benzene rings is 1. The van der Waals surface area contributed by atoms with Gasteiger partial charge in [-0.15, -0.1) is 10.2 Å². The highest BCUT2D eigenvalue weighted by Crippen LogP contribution is 2.29. The largest absolute Gasteiger partial charge is 0.310 e. The average molecular weight is 290 g/mol. The zero-order valence-corrected chi connectivity index (χ0v) is 13.6. The van der Waals surface area contributed by atoms with Crippen molar-refractivity contribution in [2.75, 3.05) is 0 Å². The van der Waals surface area contributed by atoms with Crippen LogP contribution in [0, 0.1) is 13.8 Å². The van der Waals surface area contributed by atoms with Crippen molar-refractivity contribution >= 4 is 11.8 Å². The Morgan fingerprint density at radius 1 is 1.25 bits per heavy atom. The summed E-state index contributed by atoms with van der Waals surface area (Å²) in [6, 6.07) is 7.03. The van der Waals surface area contributed by atoms with Crippen molar-refractivity contribution in [3.8, 4) is 0 Å². The van der Waals surface area contributed by atoms with Crippen LogP contribution < -0.4 is 5.32 Å². The Morgan fingerprint density at radius 3 is 2.60 bits per heavy atom. The van der Waals surface area contributed by atoms with Crippen molar-refractivity contribution in [2.45, 2.75) is 50.3 Å². The van der Waals surface area contributed by atoms with E-state index in [0.29, 0.717) is 6.04 Å². The summed E-state index contributed by atoms with van der Waals surface area (Å²) in [6.45, 7) is 9.29. The minimum absolute atomic E-state index is 0.477. The van der Waals surface area contributed by atoms with E-state index in [0.717, 1.165) is 17.5 Å². The molecule has 0 radical (unpaired) electrons. The first-order valence-electron chi connectivity index (χ1n) is 6.84. The smallest absolute Gasteiger partial charge is 0.195 e. The molecule has 0 unspecified atom stereocenters. The quantitative estimate of drug-likeness (QED) is 0.919. The molecular weight excluding hydrogens is 268 g/mol. The minimum Gasteiger partial charge on any atom is -0.310 e. The van der Waals surface area contributed by atoms with Gasteiger partial charge in [0, 0.05) is 24.5 Å². The van der Waals surface area contributed by atoms with Crippen LogP contribution >= 0.6 is 11.8 Å². The molecule has 0 aliphatic carbocycles. The fourth-order valence-corrected chi connectivity index (χ4v) is 2.78. The number of nitrogens with one attached hydrogen (secondary N) is 1. The summed E-state index contributed by atoms with van der Waals surface area (Å²) in [7, 11) is 2.00. The molecule has 0 spiro atoms. The molecule has 0 saturated carbocycles. The van der Waals surface area contributed by atoms with Crippen molar-refractivity contribution in [1.82, 2.24) is 20.1 Å².